The van der Waals surface area contributed by atoms with Crippen LogP contribution < -0.4 is 10.1 Å². The van der Waals surface area contributed by atoms with Gasteiger partial charge in [-0.3, -0.25) is 4.79 Å². The summed E-state index contributed by atoms with van der Waals surface area (Å²) in [6.07, 6.45) is 3.26. The van der Waals surface area contributed by atoms with Crippen LogP contribution in [0.1, 0.15) is 19.7 Å². The zero-order valence-electron chi connectivity index (χ0n) is 16.1. The molecule has 152 valence electrons. The minimum Gasteiger partial charge on any atom is -0.439 e. The summed E-state index contributed by atoms with van der Waals surface area (Å²) >= 11 is 0. The molecule has 0 aliphatic carbocycles. The van der Waals surface area contributed by atoms with Crippen molar-refractivity contribution in [3.05, 3.63) is 66.7 Å². The number of hydrogen-bond donors (Lipinski definition) is 1. The summed E-state index contributed by atoms with van der Waals surface area (Å²) in [6.45, 7) is 2.10. The lowest BCUT2D eigenvalue weighted by atomic mass is 10.3. The lowest BCUT2D eigenvalue weighted by molar-refractivity contribution is -0.114. The van der Waals surface area contributed by atoms with Crippen LogP contribution in [0.4, 0.5) is 14.6 Å². The van der Waals surface area contributed by atoms with Crippen molar-refractivity contribution in [2.45, 2.75) is 19.8 Å². The third-order valence-electron chi connectivity index (χ3n) is 4.17. The van der Waals surface area contributed by atoms with E-state index in [1.165, 1.54) is 13.0 Å². The Morgan fingerprint density at radius 3 is 2.60 bits per heavy atom. The molecule has 0 bridgehead atoms. The Labute approximate surface area is 170 Å². The second-order valence-corrected chi connectivity index (χ2v) is 6.69. The van der Waals surface area contributed by atoms with Crippen molar-refractivity contribution in [3.8, 4) is 17.4 Å². The van der Waals surface area contributed by atoms with E-state index < -0.39 is 11.7 Å². The third kappa shape index (κ3) is 4.09. The van der Waals surface area contributed by atoms with Gasteiger partial charge in [0, 0.05) is 43.8 Å². The predicted molar refractivity (Wildman–Crippen MR) is 107 cm³/mol. The van der Waals surface area contributed by atoms with Crippen molar-refractivity contribution in [2.24, 2.45) is 0 Å². The molecule has 0 fully saturated rings. The summed E-state index contributed by atoms with van der Waals surface area (Å²) in [5.74, 6) is -3.22. The summed E-state index contributed by atoms with van der Waals surface area (Å²) in [5, 5.41) is 3.35. The molecule has 0 unspecified atom stereocenters. The number of alkyl halides is 2. The van der Waals surface area contributed by atoms with E-state index >= 15 is 0 Å². The smallest absolute Gasteiger partial charge is 0.304 e. The normalized spacial score (nSPS) is 11.5. The molecule has 30 heavy (non-hydrogen) atoms. The zero-order chi connectivity index (χ0) is 21.3. The number of amides is 1. The van der Waals surface area contributed by atoms with Gasteiger partial charge >= 0.3 is 5.92 Å². The zero-order valence-corrected chi connectivity index (χ0v) is 16.1. The maximum absolute atomic E-state index is 14.1. The lowest BCUT2D eigenvalue weighted by Gasteiger charge is -2.14. The molecule has 0 saturated carbocycles. The number of rotatable bonds is 5. The van der Waals surface area contributed by atoms with Crippen LogP contribution in [0.3, 0.4) is 0 Å². The van der Waals surface area contributed by atoms with Gasteiger partial charge in [0.25, 0.3) is 0 Å². The first-order chi connectivity index (χ1) is 14.3. The van der Waals surface area contributed by atoms with Gasteiger partial charge < -0.3 is 14.6 Å². The van der Waals surface area contributed by atoms with E-state index in [1.54, 1.807) is 53.4 Å². The number of hydrogen-bond acceptors (Lipinski definition) is 5. The number of para-hydroxylation sites is 1. The van der Waals surface area contributed by atoms with E-state index in [0.29, 0.717) is 17.1 Å². The molecule has 0 spiro atoms. The number of benzene rings is 1. The van der Waals surface area contributed by atoms with E-state index in [9.17, 15) is 13.6 Å². The fourth-order valence-corrected chi connectivity index (χ4v) is 2.87. The Hall–Kier alpha value is -3.88. The molecule has 7 nitrogen and oxygen atoms in total. The molecule has 0 saturated heterocycles. The molecule has 1 N–H and O–H groups in total. The van der Waals surface area contributed by atoms with Crippen molar-refractivity contribution in [1.82, 2.24) is 19.5 Å². The van der Waals surface area contributed by atoms with Gasteiger partial charge in [-0.2, -0.15) is 13.8 Å². The molecule has 0 radical (unpaired) electrons. The van der Waals surface area contributed by atoms with Gasteiger partial charge in [0.2, 0.25) is 17.6 Å². The minimum absolute atomic E-state index is 0.0132. The van der Waals surface area contributed by atoms with Crippen molar-refractivity contribution in [1.29, 1.82) is 0 Å². The quantitative estimate of drug-likeness (QED) is 0.518. The highest BCUT2D eigenvalue weighted by atomic mass is 19.3. The molecular weight excluding hydrogens is 392 g/mol. The van der Waals surface area contributed by atoms with Crippen molar-refractivity contribution in [2.75, 3.05) is 5.32 Å². The molecule has 0 atom stereocenters. The molecular formula is C21H17F2N5O2. The van der Waals surface area contributed by atoms with Gasteiger partial charge in [-0.1, -0.05) is 18.2 Å². The van der Waals surface area contributed by atoms with Crippen LogP contribution in [-0.4, -0.2) is 25.4 Å². The van der Waals surface area contributed by atoms with Crippen LogP contribution in [0.15, 0.2) is 60.9 Å². The van der Waals surface area contributed by atoms with E-state index in [1.807, 2.05) is 6.07 Å². The first kappa shape index (κ1) is 19.4. The van der Waals surface area contributed by atoms with Crippen molar-refractivity contribution < 1.29 is 18.3 Å². The number of fused-ring (bicyclic) bond motifs is 1. The average Bonchev–Trinajstić information content (AvgIpc) is 3.10. The van der Waals surface area contributed by atoms with Gasteiger partial charge in [-0.05, 0) is 18.2 Å². The first-order valence-corrected chi connectivity index (χ1v) is 9.05. The SMILES string of the molecule is CC(=O)Nc1cc2c(ccn2-c2cc(Oc3ccccc3)nc(C(C)(F)F)n2)cn1. The van der Waals surface area contributed by atoms with Crippen molar-refractivity contribution in [3.63, 3.8) is 0 Å². The highest BCUT2D eigenvalue weighted by Gasteiger charge is 2.30. The van der Waals surface area contributed by atoms with Crippen LogP contribution in [0.5, 0.6) is 11.6 Å². The van der Waals surface area contributed by atoms with Crippen molar-refractivity contribution >= 4 is 22.6 Å². The number of ether oxygens (including phenoxy) is 1. The Balaban J connectivity index is 1.83. The first-order valence-electron chi connectivity index (χ1n) is 9.05. The van der Waals surface area contributed by atoms with Gasteiger partial charge in [-0.15, -0.1) is 0 Å². The maximum atomic E-state index is 14.1. The molecule has 0 aliphatic heterocycles. The Kier molecular flexibility index (Phi) is 4.86. The summed E-state index contributed by atoms with van der Waals surface area (Å²) in [6, 6.07) is 13.6. The Morgan fingerprint density at radius 2 is 1.90 bits per heavy atom. The van der Waals surface area contributed by atoms with Crippen LogP contribution in [0.25, 0.3) is 16.7 Å². The summed E-state index contributed by atoms with van der Waals surface area (Å²) in [4.78, 5) is 23.4. The van der Waals surface area contributed by atoms with Gasteiger partial charge in [0.1, 0.15) is 17.4 Å². The molecule has 4 rings (SSSR count). The Morgan fingerprint density at radius 1 is 1.13 bits per heavy atom. The fraction of sp³-hybridized carbons (Fsp3) is 0.143. The standard InChI is InChI=1S/C21H17F2N5O2/c1-13(29)25-17-10-16-14(12-24-17)8-9-28(16)18-11-19(27-20(26-18)21(2,22)23)30-15-6-4-3-5-7-15/h3-12H,1-2H3,(H,24,25,29). The number of aromatic nitrogens is 4. The second kappa shape index (κ2) is 7.51. The van der Waals surface area contributed by atoms with Crippen LogP contribution >= 0.6 is 0 Å². The summed E-state index contributed by atoms with van der Waals surface area (Å²) in [7, 11) is 0. The molecule has 3 aromatic heterocycles. The molecule has 4 aromatic rings. The lowest BCUT2D eigenvalue weighted by Crippen LogP contribution is -2.15. The number of carbonyl (C=O) groups is 1. The monoisotopic (exact) mass is 409 g/mol. The third-order valence-corrected chi connectivity index (χ3v) is 4.17. The average molecular weight is 409 g/mol. The van der Waals surface area contributed by atoms with Crippen LogP contribution in [0, 0.1) is 0 Å². The van der Waals surface area contributed by atoms with Gasteiger partial charge in [0.15, 0.2) is 0 Å². The Bertz CT molecular complexity index is 1220. The van der Waals surface area contributed by atoms with E-state index in [-0.39, 0.29) is 17.6 Å². The van der Waals surface area contributed by atoms with Crippen LogP contribution in [0.2, 0.25) is 0 Å². The molecule has 9 heteroatoms. The maximum Gasteiger partial charge on any atom is 0.304 e. The summed E-state index contributed by atoms with van der Waals surface area (Å²) < 4.78 is 35.4. The molecule has 1 amide bonds. The van der Waals surface area contributed by atoms with E-state index in [2.05, 4.69) is 20.3 Å². The van der Waals surface area contributed by atoms with E-state index in [4.69, 9.17) is 4.74 Å². The highest BCUT2D eigenvalue weighted by Crippen LogP contribution is 2.30. The van der Waals surface area contributed by atoms with Gasteiger partial charge in [0.05, 0.1) is 5.52 Å². The van der Waals surface area contributed by atoms with Crippen LogP contribution in [-0.2, 0) is 10.7 Å². The number of carbonyl (C=O) groups excluding carboxylic acids is 1. The number of nitrogens with one attached hydrogen (secondary N) is 1. The predicted octanol–water partition coefficient (Wildman–Crippen LogP) is 4.68. The van der Waals surface area contributed by atoms with Gasteiger partial charge in [-0.25, -0.2) is 9.97 Å². The topological polar surface area (TPSA) is 81.9 Å². The summed E-state index contributed by atoms with van der Waals surface area (Å²) in [5.41, 5.74) is 0.628. The van der Waals surface area contributed by atoms with E-state index in [0.717, 1.165) is 12.3 Å². The largest absolute Gasteiger partial charge is 0.439 e. The number of halogens is 2. The number of pyridine rings is 1. The number of anilines is 1. The molecule has 1 aromatic carbocycles. The second-order valence-electron chi connectivity index (χ2n) is 6.69. The molecule has 3 heterocycles. The highest BCUT2D eigenvalue weighted by molar-refractivity contribution is 5.91. The fourth-order valence-electron chi connectivity index (χ4n) is 2.87. The minimum atomic E-state index is -3.27. The number of nitrogens with zero attached hydrogens (tertiary/aromatic N) is 4. The molecule has 0 aliphatic rings.